The van der Waals surface area contributed by atoms with Gasteiger partial charge in [0, 0.05) is 54.4 Å². The number of aryl methyl sites for hydroxylation is 1. The van der Waals surface area contributed by atoms with E-state index in [1.54, 1.807) is 0 Å². The molecule has 1 aromatic heterocycles. The van der Waals surface area contributed by atoms with Gasteiger partial charge in [0.15, 0.2) is 0 Å². The van der Waals surface area contributed by atoms with Crippen LogP contribution in [0.3, 0.4) is 0 Å². The van der Waals surface area contributed by atoms with Gasteiger partial charge in [0.1, 0.15) is 0 Å². The molecule has 0 unspecified atom stereocenters. The third kappa shape index (κ3) is 3.91. The van der Waals surface area contributed by atoms with Crippen molar-refractivity contribution in [3.05, 3.63) is 65.9 Å². The molecule has 0 atom stereocenters. The van der Waals surface area contributed by atoms with Crippen molar-refractivity contribution in [3.63, 3.8) is 0 Å². The van der Waals surface area contributed by atoms with Crippen LogP contribution >= 0.6 is 11.6 Å². The molecule has 4 rings (SSSR count). The van der Waals surface area contributed by atoms with Crippen molar-refractivity contribution in [2.45, 2.75) is 26.7 Å². The maximum absolute atomic E-state index is 6.08. The van der Waals surface area contributed by atoms with Crippen molar-refractivity contribution in [2.75, 3.05) is 18.0 Å². The average Bonchev–Trinajstić information content (AvgIpc) is 3.04. The average molecular weight is 379 g/mol. The maximum Gasteiger partial charge on any atom is 0.0406 e. The monoisotopic (exact) mass is 378 g/mol. The quantitative estimate of drug-likeness (QED) is 0.496. The number of benzene rings is 2. The zero-order valence-corrected chi connectivity index (χ0v) is 17.1. The van der Waals surface area contributed by atoms with Crippen LogP contribution in [-0.4, -0.2) is 17.7 Å². The van der Waals surface area contributed by atoms with E-state index in [0.29, 0.717) is 5.41 Å². The zero-order chi connectivity index (χ0) is 19.0. The molecule has 27 heavy (non-hydrogen) atoms. The predicted molar refractivity (Wildman–Crippen MR) is 117 cm³/mol. The molecular formula is C24H27ClN2. The lowest BCUT2D eigenvalue weighted by Gasteiger charge is -2.38. The highest BCUT2D eigenvalue weighted by atomic mass is 35.5. The Morgan fingerprint density at radius 3 is 2.15 bits per heavy atom. The summed E-state index contributed by atoms with van der Waals surface area (Å²) in [5, 5.41) is 0.770. The molecule has 2 aromatic carbocycles. The highest BCUT2D eigenvalue weighted by Crippen LogP contribution is 2.37. The summed E-state index contributed by atoms with van der Waals surface area (Å²) in [6, 6.07) is 17.1. The topological polar surface area (TPSA) is 8.17 Å². The van der Waals surface area contributed by atoms with E-state index < -0.39 is 0 Å². The fourth-order valence-corrected chi connectivity index (χ4v) is 4.04. The van der Waals surface area contributed by atoms with Gasteiger partial charge in [-0.2, -0.15) is 0 Å². The first kappa shape index (κ1) is 18.2. The molecule has 1 saturated heterocycles. The van der Waals surface area contributed by atoms with Crippen molar-refractivity contribution >= 4 is 17.3 Å². The molecule has 1 aliphatic rings. The summed E-state index contributed by atoms with van der Waals surface area (Å²) in [6.07, 6.45) is 6.90. The second-order valence-corrected chi connectivity index (χ2v) is 8.90. The van der Waals surface area contributed by atoms with E-state index in [2.05, 4.69) is 79.2 Å². The molecule has 0 amide bonds. The van der Waals surface area contributed by atoms with E-state index >= 15 is 0 Å². The Morgan fingerprint density at radius 2 is 1.48 bits per heavy atom. The van der Waals surface area contributed by atoms with Crippen molar-refractivity contribution < 1.29 is 0 Å². The molecule has 2 nitrogen and oxygen atoms in total. The Bertz CT molecular complexity index is 927. The Morgan fingerprint density at radius 1 is 0.852 bits per heavy atom. The smallest absolute Gasteiger partial charge is 0.0406 e. The third-order valence-electron chi connectivity index (χ3n) is 5.75. The van der Waals surface area contributed by atoms with Gasteiger partial charge >= 0.3 is 0 Å². The van der Waals surface area contributed by atoms with E-state index in [4.69, 9.17) is 11.6 Å². The minimum Gasteiger partial charge on any atom is -0.371 e. The number of anilines is 1. The fourth-order valence-electron chi connectivity index (χ4n) is 3.91. The molecule has 3 heteroatoms. The lowest BCUT2D eigenvalue weighted by Crippen LogP contribution is -2.37. The standard InChI is InChI=1S/C24H27ClN2/c1-24(2)11-13-27(14-12-24)21-6-4-5-19(15-21)23-17-26(3)16-22(23)18-7-9-20(25)10-8-18/h4-10,15-17H,11-14H2,1-3H3. The second kappa shape index (κ2) is 7.09. The van der Waals surface area contributed by atoms with Gasteiger partial charge in [-0.1, -0.05) is 49.7 Å². The van der Waals surface area contributed by atoms with Gasteiger partial charge in [0.2, 0.25) is 0 Å². The van der Waals surface area contributed by atoms with Crippen LogP contribution in [0.1, 0.15) is 26.7 Å². The van der Waals surface area contributed by atoms with Gasteiger partial charge in [-0.15, -0.1) is 0 Å². The Labute approximate surface area is 167 Å². The van der Waals surface area contributed by atoms with Crippen LogP contribution < -0.4 is 4.90 Å². The minimum atomic E-state index is 0.468. The van der Waals surface area contributed by atoms with Crippen LogP contribution in [0.15, 0.2) is 60.9 Å². The van der Waals surface area contributed by atoms with Crippen molar-refractivity contribution in [2.24, 2.45) is 12.5 Å². The van der Waals surface area contributed by atoms with E-state index in [9.17, 15) is 0 Å². The summed E-state index contributed by atoms with van der Waals surface area (Å²) in [4.78, 5) is 2.53. The van der Waals surface area contributed by atoms with Crippen molar-refractivity contribution in [1.82, 2.24) is 4.57 Å². The summed E-state index contributed by atoms with van der Waals surface area (Å²) in [7, 11) is 2.08. The van der Waals surface area contributed by atoms with Gasteiger partial charge in [-0.05, 0) is 53.6 Å². The van der Waals surface area contributed by atoms with Gasteiger partial charge < -0.3 is 9.47 Å². The third-order valence-corrected chi connectivity index (χ3v) is 6.00. The summed E-state index contributed by atoms with van der Waals surface area (Å²) in [6.45, 7) is 7.02. The van der Waals surface area contributed by atoms with Crippen LogP contribution in [0, 0.1) is 5.41 Å². The molecule has 0 spiro atoms. The number of rotatable bonds is 3. The Balaban J connectivity index is 1.68. The first-order valence-electron chi connectivity index (χ1n) is 9.69. The van der Waals surface area contributed by atoms with Gasteiger partial charge in [0.25, 0.3) is 0 Å². The van der Waals surface area contributed by atoms with Crippen LogP contribution in [0.5, 0.6) is 0 Å². The van der Waals surface area contributed by atoms with Gasteiger partial charge in [-0.3, -0.25) is 0 Å². The van der Waals surface area contributed by atoms with Crippen LogP contribution in [0.4, 0.5) is 5.69 Å². The molecular weight excluding hydrogens is 352 g/mol. The number of nitrogens with zero attached hydrogens (tertiary/aromatic N) is 2. The Kier molecular flexibility index (Phi) is 4.77. The SMILES string of the molecule is Cn1cc(-c2ccc(Cl)cc2)c(-c2cccc(N3CCC(C)(C)CC3)c2)c1. The molecule has 1 fully saturated rings. The number of hydrogen-bond acceptors (Lipinski definition) is 1. The fraction of sp³-hybridized carbons (Fsp3) is 0.333. The normalized spacial score (nSPS) is 16.5. The molecule has 0 bridgehead atoms. The first-order valence-corrected chi connectivity index (χ1v) is 10.1. The Hall–Kier alpha value is -2.19. The molecule has 0 radical (unpaired) electrons. The van der Waals surface area contributed by atoms with Crippen LogP contribution in [-0.2, 0) is 7.05 Å². The summed E-state index contributed by atoms with van der Waals surface area (Å²) >= 11 is 6.08. The molecule has 0 saturated carbocycles. The number of hydrogen-bond donors (Lipinski definition) is 0. The lowest BCUT2D eigenvalue weighted by atomic mass is 9.82. The summed E-state index contributed by atoms with van der Waals surface area (Å²) in [5.41, 5.74) is 6.76. The van der Waals surface area contributed by atoms with Gasteiger partial charge in [-0.25, -0.2) is 0 Å². The lowest BCUT2D eigenvalue weighted by molar-refractivity contribution is 0.280. The largest absolute Gasteiger partial charge is 0.371 e. The van der Waals surface area contributed by atoms with E-state index in [-0.39, 0.29) is 0 Å². The molecule has 1 aliphatic heterocycles. The van der Waals surface area contributed by atoms with Crippen LogP contribution in [0.2, 0.25) is 5.02 Å². The number of aromatic nitrogens is 1. The highest BCUT2D eigenvalue weighted by molar-refractivity contribution is 6.30. The highest BCUT2D eigenvalue weighted by Gasteiger charge is 2.25. The summed E-state index contributed by atoms with van der Waals surface area (Å²) < 4.78 is 2.13. The van der Waals surface area contributed by atoms with Crippen molar-refractivity contribution in [1.29, 1.82) is 0 Å². The van der Waals surface area contributed by atoms with E-state index in [1.165, 1.54) is 40.8 Å². The van der Waals surface area contributed by atoms with E-state index in [0.717, 1.165) is 18.1 Å². The molecule has 0 aliphatic carbocycles. The molecule has 140 valence electrons. The zero-order valence-electron chi connectivity index (χ0n) is 16.4. The summed E-state index contributed by atoms with van der Waals surface area (Å²) in [5.74, 6) is 0. The number of piperidine rings is 1. The number of halogens is 1. The van der Waals surface area contributed by atoms with E-state index in [1.807, 2.05) is 12.1 Å². The second-order valence-electron chi connectivity index (χ2n) is 8.46. The van der Waals surface area contributed by atoms with Crippen molar-refractivity contribution in [3.8, 4) is 22.3 Å². The molecule has 2 heterocycles. The predicted octanol–water partition coefficient (Wildman–Crippen LogP) is 6.64. The van der Waals surface area contributed by atoms with Crippen LogP contribution in [0.25, 0.3) is 22.3 Å². The van der Waals surface area contributed by atoms with Gasteiger partial charge in [0.05, 0.1) is 0 Å². The maximum atomic E-state index is 6.08. The molecule has 3 aromatic rings. The molecule has 0 N–H and O–H groups in total. The minimum absolute atomic E-state index is 0.468. The first-order chi connectivity index (χ1) is 12.9.